The van der Waals surface area contributed by atoms with Crippen LogP contribution in [0, 0.1) is 0 Å². The van der Waals surface area contributed by atoms with E-state index >= 15 is 0 Å². The maximum absolute atomic E-state index is 3.87. The van der Waals surface area contributed by atoms with Gasteiger partial charge < -0.3 is 4.57 Å². The quantitative estimate of drug-likeness (QED) is 0.699. The fourth-order valence-electron chi connectivity index (χ4n) is 1.94. The SMILES string of the molecule is C=Cc1c(/C=C\C)c(/C=C\C)c(C=C)n1C. The van der Waals surface area contributed by atoms with Gasteiger partial charge in [0, 0.05) is 29.6 Å². The molecule has 0 aliphatic heterocycles. The molecule has 1 rings (SSSR count). The van der Waals surface area contributed by atoms with Gasteiger partial charge >= 0.3 is 0 Å². The molecule has 0 N–H and O–H groups in total. The Hall–Kier alpha value is -1.76. The molecule has 84 valence electrons. The number of hydrogen-bond donors (Lipinski definition) is 0. The summed E-state index contributed by atoms with van der Waals surface area (Å²) in [6, 6.07) is 0. The van der Waals surface area contributed by atoms with Crippen molar-refractivity contribution in [3.05, 3.63) is 47.8 Å². The Morgan fingerprint density at radius 3 is 1.50 bits per heavy atom. The van der Waals surface area contributed by atoms with Crippen molar-refractivity contribution in [1.29, 1.82) is 0 Å². The van der Waals surface area contributed by atoms with E-state index in [1.165, 1.54) is 11.1 Å². The average molecular weight is 213 g/mol. The molecule has 1 heterocycles. The van der Waals surface area contributed by atoms with Crippen molar-refractivity contribution >= 4 is 24.3 Å². The van der Waals surface area contributed by atoms with Crippen molar-refractivity contribution in [3.63, 3.8) is 0 Å². The minimum Gasteiger partial charge on any atom is -0.344 e. The van der Waals surface area contributed by atoms with Crippen LogP contribution in [0.25, 0.3) is 24.3 Å². The minimum atomic E-state index is 1.13. The molecule has 0 bridgehead atoms. The first-order chi connectivity index (χ1) is 7.71. The lowest BCUT2D eigenvalue weighted by molar-refractivity contribution is 0.901. The molecule has 0 saturated carbocycles. The molecule has 1 heteroatoms. The zero-order valence-corrected chi connectivity index (χ0v) is 10.3. The van der Waals surface area contributed by atoms with Crippen molar-refractivity contribution in [2.45, 2.75) is 13.8 Å². The van der Waals surface area contributed by atoms with Crippen molar-refractivity contribution in [1.82, 2.24) is 4.57 Å². The standard InChI is InChI=1S/C15H19N/c1-6-10-12-13(11-7-2)15(9-4)16(5)14(12)8-3/h6-11H,3-4H2,1-2,5H3/b10-6-,11-7-. The Labute approximate surface area is 98.1 Å². The molecule has 0 atom stereocenters. The van der Waals surface area contributed by atoms with E-state index in [1.807, 2.05) is 45.2 Å². The van der Waals surface area contributed by atoms with Crippen LogP contribution in [0.4, 0.5) is 0 Å². The largest absolute Gasteiger partial charge is 0.344 e. The number of rotatable bonds is 4. The number of allylic oxidation sites excluding steroid dienone is 2. The third-order valence-electron chi connectivity index (χ3n) is 2.62. The van der Waals surface area contributed by atoms with Crippen molar-refractivity contribution in [3.8, 4) is 0 Å². The predicted molar refractivity (Wildman–Crippen MR) is 75.0 cm³/mol. The van der Waals surface area contributed by atoms with Gasteiger partial charge in [-0.1, -0.05) is 37.5 Å². The van der Waals surface area contributed by atoms with Gasteiger partial charge in [-0.2, -0.15) is 0 Å². The van der Waals surface area contributed by atoms with Crippen LogP contribution in [0.5, 0.6) is 0 Å². The van der Waals surface area contributed by atoms with Crippen LogP contribution in [0.3, 0.4) is 0 Å². The fraction of sp³-hybridized carbons (Fsp3) is 0.200. The summed E-state index contributed by atoms with van der Waals surface area (Å²) in [5.41, 5.74) is 4.66. The molecular formula is C15H19N. The monoisotopic (exact) mass is 213 g/mol. The van der Waals surface area contributed by atoms with E-state index < -0.39 is 0 Å². The van der Waals surface area contributed by atoms with Gasteiger partial charge in [0.15, 0.2) is 0 Å². The van der Waals surface area contributed by atoms with Crippen LogP contribution < -0.4 is 0 Å². The second-order valence-electron chi connectivity index (χ2n) is 3.57. The molecular weight excluding hydrogens is 194 g/mol. The Bertz CT molecular complexity index is 415. The summed E-state index contributed by atoms with van der Waals surface area (Å²) in [6.07, 6.45) is 12.1. The van der Waals surface area contributed by atoms with Crippen LogP contribution in [0.15, 0.2) is 25.3 Å². The zero-order chi connectivity index (χ0) is 12.1. The summed E-state index contributed by atoms with van der Waals surface area (Å²) in [6.45, 7) is 11.8. The van der Waals surface area contributed by atoms with E-state index in [-0.39, 0.29) is 0 Å². The van der Waals surface area contributed by atoms with Gasteiger partial charge in [0.05, 0.1) is 0 Å². The topological polar surface area (TPSA) is 4.93 Å². The van der Waals surface area contributed by atoms with Crippen LogP contribution in [-0.4, -0.2) is 4.57 Å². The first-order valence-electron chi connectivity index (χ1n) is 5.44. The first-order valence-corrected chi connectivity index (χ1v) is 5.44. The minimum absolute atomic E-state index is 1.13. The molecule has 1 nitrogen and oxygen atoms in total. The van der Waals surface area contributed by atoms with E-state index in [0.717, 1.165) is 11.4 Å². The molecule has 0 amide bonds. The number of aromatic nitrogens is 1. The summed E-state index contributed by atoms with van der Waals surface area (Å²) < 4.78 is 2.12. The van der Waals surface area contributed by atoms with Gasteiger partial charge in [-0.3, -0.25) is 0 Å². The van der Waals surface area contributed by atoms with Gasteiger partial charge in [0.1, 0.15) is 0 Å². The second-order valence-corrected chi connectivity index (χ2v) is 3.57. The summed E-state index contributed by atoms with van der Waals surface area (Å²) >= 11 is 0. The molecule has 0 unspecified atom stereocenters. The third-order valence-corrected chi connectivity index (χ3v) is 2.62. The van der Waals surface area contributed by atoms with E-state index in [4.69, 9.17) is 0 Å². The van der Waals surface area contributed by atoms with Gasteiger partial charge in [0.2, 0.25) is 0 Å². The Morgan fingerprint density at radius 2 is 1.25 bits per heavy atom. The lowest BCUT2D eigenvalue weighted by Crippen LogP contribution is -1.93. The molecule has 1 aromatic heterocycles. The van der Waals surface area contributed by atoms with Gasteiger partial charge in [-0.05, 0) is 26.0 Å². The normalized spacial score (nSPS) is 11.4. The summed E-state index contributed by atoms with van der Waals surface area (Å²) in [4.78, 5) is 0. The number of nitrogens with zero attached hydrogens (tertiary/aromatic N) is 1. The second kappa shape index (κ2) is 5.36. The highest BCUT2D eigenvalue weighted by atomic mass is 15.0. The van der Waals surface area contributed by atoms with E-state index in [9.17, 15) is 0 Å². The molecule has 0 spiro atoms. The molecule has 0 aromatic carbocycles. The highest BCUT2D eigenvalue weighted by Crippen LogP contribution is 2.27. The smallest absolute Gasteiger partial charge is 0.0482 e. The van der Waals surface area contributed by atoms with E-state index in [0.29, 0.717) is 0 Å². The molecule has 0 saturated heterocycles. The highest BCUT2D eigenvalue weighted by molar-refractivity contribution is 5.78. The van der Waals surface area contributed by atoms with Gasteiger partial charge in [0.25, 0.3) is 0 Å². The molecule has 0 aliphatic rings. The van der Waals surface area contributed by atoms with E-state index in [1.54, 1.807) is 0 Å². The van der Waals surface area contributed by atoms with Gasteiger partial charge in [-0.25, -0.2) is 0 Å². The van der Waals surface area contributed by atoms with Crippen molar-refractivity contribution in [2.75, 3.05) is 0 Å². The lowest BCUT2D eigenvalue weighted by Gasteiger charge is -2.00. The van der Waals surface area contributed by atoms with Crippen LogP contribution in [0.1, 0.15) is 36.4 Å². The van der Waals surface area contributed by atoms with Crippen molar-refractivity contribution in [2.24, 2.45) is 7.05 Å². The van der Waals surface area contributed by atoms with E-state index in [2.05, 4.69) is 29.9 Å². The van der Waals surface area contributed by atoms with Crippen LogP contribution >= 0.6 is 0 Å². The molecule has 0 aliphatic carbocycles. The Balaban J connectivity index is 3.64. The molecule has 0 fully saturated rings. The maximum Gasteiger partial charge on any atom is 0.0482 e. The Kier molecular flexibility index (Phi) is 4.12. The average Bonchev–Trinajstić information content (AvgIpc) is 2.52. The maximum atomic E-state index is 3.87. The number of hydrogen-bond acceptors (Lipinski definition) is 0. The summed E-state index contributed by atoms with van der Waals surface area (Å²) in [5.74, 6) is 0. The highest BCUT2D eigenvalue weighted by Gasteiger charge is 2.12. The molecule has 16 heavy (non-hydrogen) atoms. The van der Waals surface area contributed by atoms with Gasteiger partial charge in [-0.15, -0.1) is 0 Å². The third kappa shape index (κ3) is 1.94. The summed E-state index contributed by atoms with van der Waals surface area (Å²) in [5, 5.41) is 0. The fourth-order valence-corrected chi connectivity index (χ4v) is 1.94. The van der Waals surface area contributed by atoms with Crippen molar-refractivity contribution < 1.29 is 0 Å². The lowest BCUT2D eigenvalue weighted by atomic mass is 10.1. The predicted octanol–water partition coefficient (Wildman–Crippen LogP) is 4.38. The Morgan fingerprint density at radius 1 is 0.875 bits per heavy atom. The first kappa shape index (κ1) is 12.3. The van der Waals surface area contributed by atoms with Crippen LogP contribution in [0.2, 0.25) is 0 Å². The molecule has 1 aromatic rings. The zero-order valence-electron chi connectivity index (χ0n) is 10.3. The van der Waals surface area contributed by atoms with Crippen LogP contribution in [-0.2, 0) is 7.05 Å². The molecule has 0 radical (unpaired) electrons. The summed E-state index contributed by atoms with van der Waals surface area (Å²) in [7, 11) is 2.04.